The Morgan fingerprint density at radius 1 is 1.50 bits per heavy atom. The average Bonchev–Trinajstić information content (AvgIpc) is 2.70. The maximum atomic E-state index is 6.35. The fraction of sp³-hybridized carbons (Fsp3) is 0.786. The van der Waals surface area contributed by atoms with E-state index in [1.807, 2.05) is 18.7 Å². The van der Waals surface area contributed by atoms with Gasteiger partial charge in [0.15, 0.2) is 0 Å². The van der Waals surface area contributed by atoms with E-state index in [0.717, 1.165) is 35.8 Å². The summed E-state index contributed by atoms with van der Waals surface area (Å²) in [5.74, 6) is 0. The van der Waals surface area contributed by atoms with Crippen LogP contribution in [-0.2, 0) is 22.9 Å². The maximum Gasteiger partial charge on any atom is 0.0965 e. The van der Waals surface area contributed by atoms with Gasteiger partial charge in [0.2, 0.25) is 0 Å². The molecular formula is C14H24ClN3O2. The number of aromatic nitrogens is 2. The van der Waals surface area contributed by atoms with Gasteiger partial charge in [-0.25, -0.2) is 0 Å². The van der Waals surface area contributed by atoms with Crippen LogP contribution in [0.3, 0.4) is 0 Å². The van der Waals surface area contributed by atoms with E-state index in [1.165, 1.54) is 0 Å². The van der Waals surface area contributed by atoms with Gasteiger partial charge in [-0.1, -0.05) is 18.5 Å². The summed E-state index contributed by atoms with van der Waals surface area (Å²) in [4.78, 5) is 0. The molecule has 114 valence electrons. The summed E-state index contributed by atoms with van der Waals surface area (Å²) < 4.78 is 13.2. The third-order valence-corrected chi connectivity index (χ3v) is 4.11. The normalized spacial score (nSPS) is 21.1. The van der Waals surface area contributed by atoms with Gasteiger partial charge in [0, 0.05) is 19.5 Å². The van der Waals surface area contributed by atoms with Gasteiger partial charge in [-0.3, -0.25) is 4.68 Å². The molecule has 1 saturated heterocycles. The van der Waals surface area contributed by atoms with Gasteiger partial charge in [0.25, 0.3) is 0 Å². The second kappa shape index (κ2) is 7.41. The number of aryl methyl sites for hydroxylation is 2. The quantitative estimate of drug-likeness (QED) is 0.869. The minimum atomic E-state index is 0.0709. The van der Waals surface area contributed by atoms with Crippen LogP contribution in [0.4, 0.5) is 0 Å². The van der Waals surface area contributed by atoms with E-state index in [4.69, 9.17) is 21.1 Å². The lowest BCUT2D eigenvalue weighted by Crippen LogP contribution is -2.48. The van der Waals surface area contributed by atoms with Crippen LogP contribution in [0.1, 0.15) is 24.7 Å². The second-order valence-electron chi connectivity index (χ2n) is 5.22. The molecule has 0 bridgehead atoms. The number of ether oxygens (including phenoxy) is 2. The molecule has 0 aliphatic carbocycles. The molecule has 1 N–H and O–H groups in total. The van der Waals surface area contributed by atoms with Gasteiger partial charge >= 0.3 is 0 Å². The molecular weight excluding hydrogens is 278 g/mol. The zero-order valence-corrected chi connectivity index (χ0v) is 13.2. The van der Waals surface area contributed by atoms with Gasteiger partial charge in [0.1, 0.15) is 0 Å². The van der Waals surface area contributed by atoms with Crippen molar-refractivity contribution >= 4 is 11.6 Å². The van der Waals surface area contributed by atoms with Crippen molar-refractivity contribution in [3.63, 3.8) is 0 Å². The largest absolute Gasteiger partial charge is 0.376 e. The molecule has 5 nitrogen and oxygen atoms in total. The highest BCUT2D eigenvalue weighted by Crippen LogP contribution is 2.22. The topological polar surface area (TPSA) is 48.3 Å². The monoisotopic (exact) mass is 301 g/mol. The van der Waals surface area contributed by atoms with Crippen molar-refractivity contribution in [2.45, 2.75) is 38.8 Å². The van der Waals surface area contributed by atoms with Gasteiger partial charge in [0.05, 0.1) is 42.3 Å². The summed E-state index contributed by atoms with van der Waals surface area (Å²) in [6, 6.07) is 0.197. The molecule has 2 heterocycles. The highest BCUT2D eigenvalue weighted by molar-refractivity contribution is 6.31. The first-order valence-electron chi connectivity index (χ1n) is 7.24. The second-order valence-corrected chi connectivity index (χ2v) is 5.60. The number of hydrogen-bond donors (Lipinski definition) is 1. The van der Waals surface area contributed by atoms with E-state index in [0.29, 0.717) is 19.8 Å². The highest BCUT2D eigenvalue weighted by atomic mass is 35.5. The van der Waals surface area contributed by atoms with Crippen LogP contribution < -0.4 is 5.32 Å². The van der Waals surface area contributed by atoms with Crippen molar-refractivity contribution in [2.24, 2.45) is 7.05 Å². The molecule has 2 unspecified atom stereocenters. The Balaban J connectivity index is 2.09. The zero-order valence-electron chi connectivity index (χ0n) is 12.5. The van der Waals surface area contributed by atoms with Gasteiger partial charge < -0.3 is 14.8 Å². The molecule has 0 amide bonds. The molecule has 1 aromatic heterocycles. The van der Waals surface area contributed by atoms with Gasteiger partial charge in [-0.15, -0.1) is 0 Å². The lowest BCUT2D eigenvalue weighted by Gasteiger charge is -2.31. The molecule has 1 aliphatic rings. The number of nitrogens with zero attached hydrogens (tertiary/aromatic N) is 2. The first kappa shape index (κ1) is 15.8. The molecule has 0 aromatic carbocycles. The van der Waals surface area contributed by atoms with Crippen molar-refractivity contribution < 1.29 is 9.47 Å². The molecule has 2 atom stereocenters. The first-order chi connectivity index (χ1) is 9.63. The smallest absolute Gasteiger partial charge is 0.0965 e. The SMILES string of the molecule is CCCNC(Cc1c(Cl)c(C)nn1C)C1COCCO1. The fourth-order valence-corrected chi connectivity index (χ4v) is 2.75. The minimum Gasteiger partial charge on any atom is -0.376 e. The summed E-state index contributed by atoms with van der Waals surface area (Å²) in [5, 5.41) is 8.68. The third kappa shape index (κ3) is 3.73. The van der Waals surface area contributed by atoms with Gasteiger partial charge in [-0.05, 0) is 19.9 Å². The van der Waals surface area contributed by atoms with Crippen LogP contribution in [0.5, 0.6) is 0 Å². The molecule has 20 heavy (non-hydrogen) atoms. The van der Waals surface area contributed by atoms with Crippen LogP contribution in [0.2, 0.25) is 5.02 Å². The maximum absolute atomic E-state index is 6.35. The van der Waals surface area contributed by atoms with Crippen molar-refractivity contribution in [3.05, 3.63) is 16.4 Å². The summed E-state index contributed by atoms with van der Waals surface area (Å²) in [7, 11) is 1.93. The predicted molar refractivity (Wildman–Crippen MR) is 79.3 cm³/mol. The Hall–Kier alpha value is -0.620. The summed E-state index contributed by atoms with van der Waals surface area (Å²) >= 11 is 6.35. The molecule has 6 heteroatoms. The molecule has 0 spiro atoms. The van der Waals surface area contributed by atoms with Gasteiger partial charge in [-0.2, -0.15) is 5.10 Å². The van der Waals surface area contributed by atoms with Crippen LogP contribution >= 0.6 is 11.6 Å². The molecule has 0 saturated carbocycles. The summed E-state index contributed by atoms with van der Waals surface area (Å²) in [6.45, 7) is 7.02. The lowest BCUT2D eigenvalue weighted by atomic mass is 10.0. The Morgan fingerprint density at radius 3 is 2.85 bits per heavy atom. The fourth-order valence-electron chi connectivity index (χ4n) is 2.51. The predicted octanol–water partition coefficient (Wildman–Crippen LogP) is 1.71. The van der Waals surface area contributed by atoms with Crippen molar-refractivity contribution in [3.8, 4) is 0 Å². The van der Waals surface area contributed by atoms with Crippen LogP contribution in [0, 0.1) is 6.92 Å². The van der Waals surface area contributed by atoms with Crippen LogP contribution in [-0.4, -0.2) is 48.3 Å². The zero-order chi connectivity index (χ0) is 14.5. The van der Waals surface area contributed by atoms with E-state index < -0.39 is 0 Å². The van der Waals surface area contributed by atoms with E-state index >= 15 is 0 Å². The summed E-state index contributed by atoms with van der Waals surface area (Å²) in [6.07, 6.45) is 1.95. The lowest BCUT2D eigenvalue weighted by molar-refractivity contribution is -0.101. The van der Waals surface area contributed by atoms with E-state index in [2.05, 4.69) is 17.3 Å². The standard InChI is InChI=1S/C14H24ClN3O2/c1-4-5-16-11(13-9-19-6-7-20-13)8-12-14(15)10(2)17-18(12)3/h11,13,16H,4-9H2,1-3H3. The van der Waals surface area contributed by atoms with E-state index in [9.17, 15) is 0 Å². The summed E-state index contributed by atoms with van der Waals surface area (Å²) in [5.41, 5.74) is 1.92. The highest BCUT2D eigenvalue weighted by Gasteiger charge is 2.27. The Morgan fingerprint density at radius 2 is 2.30 bits per heavy atom. The third-order valence-electron chi connectivity index (χ3n) is 3.62. The molecule has 0 radical (unpaired) electrons. The minimum absolute atomic E-state index is 0.0709. The van der Waals surface area contributed by atoms with Crippen LogP contribution in [0.25, 0.3) is 0 Å². The van der Waals surface area contributed by atoms with E-state index in [1.54, 1.807) is 0 Å². The molecule has 2 rings (SSSR count). The molecule has 1 aliphatic heterocycles. The van der Waals surface area contributed by atoms with E-state index in [-0.39, 0.29) is 12.1 Å². The Kier molecular flexibility index (Phi) is 5.84. The Bertz CT molecular complexity index is 430. The molecule has 1 fully saturated rings. The Labute approximate surface area is 125 Å². The van der Waals surface area contributed by atoms with Crippen LogP contribution in [0.15, 0.2) is 0 Å². The number of halogens is 1. The van der Waals surface area contributed by atoms with Crippen molar-refractivity contribution in [1.82, 2.24) is 15.1 Å². The first-order valence-corrected chi connectivity index (χ1v) is 7.62. The number of nitrogens with one attached hydrogen (secondary N) is 1. The number of rotatable bonds is 6. The van der Waals surface area contributed by atoms with Crippen molar-refractivity contribution in [2.75, 3.05) is 26.4 Å². The molecule has 1 aromatic rings. The van der Waals surface area contributed by atoms with Crippen molar-refractivity contribution in [1.29, 1.82) is 0 Å². The average molecular weight is 302 g/mol. The number of hydrogen-bond acceptors (Lipinski definition) is 4.